The lowest BCUT2D eigenvalue weighted by molar-refractivity contribution is -0.175. The van der Waals surface area contributed by atoms with Gasteiger partial charge in [-0.3, -0.25) is 9.59 Å². The summed E-state index contributed by atoms with van der Waals surface area (Å²) in [7, 11) is 0. The molecule has 0 unspecified atom stereocenters. The zero-order valence-electron chi connectivity index (χ0n) is 12.0. The van der Waals surface area contributed by atoms with Crippen molar-refractivity contribution in [3.63, 3.8) is 0 Å². The minimum atomic E-state index is -1.14. The Hall–Kier alpha value is -1.61. The first kappa shape index (κ1) is 14.8. The topological polar surface area (TPSA) is 85.6 Å². The first-order valence-electron chi connectivity index (χ1n) is 6.78. The monoisotopic (exact) mass is 281 g/mol. The van der Waals surface area contributed by atoms with Crippen molar-refractivity contribution in [2.45, 2.75) is 44.8 Å². The molecule has 6 heteroatoms. The lowest BCUT2D eigenvalue weighted by Gasteiger charge is -2.42. The maximum Gasteiger partial charge on any atom is 0.322 e. The summed E-state index contributed by atoms with van der Waals surface area (Å²) in [4.78, 5) is 23.9. The van der Waals surface area contributed by atoms with E-state index in [1.807, 2.05) is 13.8 Å². The Morgan fingerprint density at radius 3 is 2.80 bits per heavy atom. The molecule has 6 nitrogen and oxygen atoms in total. The number of esters is 2. The highest BCUT2D eigenvalue weighted by atomic mass is 16.6. The Kier molecular flexibility index (Phi) is 3.74. The van der Waals surface area contributed by atoms with Crippen LogP contribution in [-0.4, -0.2) is 36.4 Å². The number of hydrogen-bond donors (Lipinski definition) is 0. The molecule has 0 amide bonds. The van der Waals surface area contributed by atoms with Gasteiger partial charge < -0.3 is 14.2 Å². The quantitative estimate of drug-likeness (QED) is 0.558. The van der Waals surface area contributed by atoms with Crippen LogP contribution in [0.4, 0.5) is 0 Å². The highest BCUT2D eigenvalue weighted by Crippen LogP contribution is 2.47. The number of ether oxygens (including phenoxy) is 3. The summed E-state index contributed by atoms with van der Waals surface area (Å²) < 4.78 is 16.0. The van der Waals surface area contributed by atoms with Gasteiger partial charge in [-0.05, 0) is 20.8 Å². The second-order valence-corrected chi connectivity index (χ2v) is 5.86. The van der Waals surface area contributed by atoms with Gasteiger partial charge in [-0.1, -0.05) is 0 Å². The molecule has 0 aromatic rings. The predicted molar refractivity (Wildman–Crippen MR) is 67.3 cm³/mol. The number of hydrogen-bond acceptors (Lipinski definition) is 6. The van der Waals surface area contributed by atoms with Crippen LogP contribution in [0.5, 0.6) is 0 Å². The normalized spacial score (nSPS) is 35.4. The van der Waals surface area contributed by atoms with Crippen LogP contribution < -0.4 is 0 Å². The van der Waals surface area contributed by atoms with Crippen molar-refractivity contribution in [3.8, 4) is 6.07 Å². The lowest BCUT2D eigenvalue weighted by atomic mass is 9.73. The second-order valence-electron chi connectivity index (χ2n) is 5.86. The fourth-order valence-electron chi connectivity index (χ4n) is 3.14. The van der Waals surface area contributed by atoms with Crippen molar-refractivity contribution in [2.24, 2.45) is 11.8 Å². The van der Waals surface area contributed by atoms with Crippen LogP contribution in [0, 0.1) is 23.2 Å². The van der Waals surface area contributed by atoms with Crippen LogP contribution in [0.1, 0.15) is 33.6 Å². The molecule has 2 rings (SSSR count). The summed E-state index contributed by atoms with van der Waals surface area (Å²) in [6, 6.07) is 2.08. The molecule has 2 aliphatic heterocycles. The zero-order chi connectivity index (χ0) is 15.0. The van der Waals surface area contributed by atoms with Crippen molar-refractivity contribution in [2.75, 3.05) is 13.2 Å². The third-order valence-corrected chi connectivity index (χ3v) is 3.88. The second kappa shape index (κ2) is 5.06. The highest BCUT2D eigenvalue weighted by Gasteiger charge is 2.62. The van der Waals surface area contributed by atoms with Gasteiger partial charge >= 0.3 is 11.9 Å². The molecule has 0 radical (unpaired) electrons. The molecular formula is C14H19NO5. The van der Waals surface area contributed by atoms with E-state index in [9.17, 15) is 14.9 Å². The van der Waals surface area contributed by atoms with E-state index in [4.69, 9.17) is 14.2 Å². The summed E-state index contributed by atoms with van der Waals surface area (Å²) >= 11 is 0. The Morgan fingerprint density at radius 1 is 1.55 bits per heavy atom. The molecule has 1 spiro atoms. The maximum absolute atomic E-state index is 12.0. The third-order valence-electron chi connectivity index (χ3n) is 3.88. The van der Waals surface area contributed by atoms with E-state index in [2.05, 4.69) is 6.07 Å². The molecule has 3 atom stereocenters. The van der Waals surface area contributed by atoms with Gasteiger partial charge in [0.1, 0.15) is 11.5 Å². The van der Waals surface area contributed by atoms with Gasteiger partial charge in [-0.2, -0.15) is 5.26 Å². The van der Waals surface area contributed by atoms with Crippen molar-refractivity contribution < 1.29 is 23.8 Å². The van der Waals surface area contributed by atoms with Crippen LogP contribution in [-0.2, 0) is 23.8 Å². The van der Waals surface area contributed by atoms with Gasteiger partial charge in [0.15, 0.2) is 5.92 Å². The number of carbonyl (C=O) groups excluding carboxylic acids is 2. The molecule has 0 bridgehead atoms. The Balaban J connectivity index is 2.31. The average Bonchev–Trinajstić information content (AvgIpc) is 2.59. The van der Waals surface area contributed by atoms with Crippen LogP contribution in [0.25, 0.3) is 0 Å². The van der Waals surface area contributed by atoms with Gasteiger partial charge in [0, 0.05) is 12.8 Å². The summed E-state index contributed by atoms with van der Waals surface area (Å²) in [5.41, 5.74) is -1.43. The van der Waals surface area contributed by atoms with Crippen LogP contribution in [0.3, 0.4) is 0 Å². The average molecular weight is 281 g/mol. The predicted octanol–water partition coefficient (Wildman–Crippen LogP) is 1.19. The smallest absolute Gasteiger partial charge is 0.322 e. The van der Waals surface area contributed by atoms with Crippen molar-refractivity contribution in [3.05, 3.63) is 0 Å². The largest absolute Gasteiger partial charge is 0.465 e. The van der Waals surface area contributed by atoms with Crippen molar-refractivity contribution in [1.29, 1.82) is 5.26 Å². The van der Waals surface area contributed by atoms with E-state index >= 15 is 0 Å². The van der Waals surface area contributed by atoms with Crippen molar-refractivity contribution in [1.82, 2.24) is 0 Å². The molecular weight excluding hydrogens is 262 g/mol. The number of nitriles is 1. The summed E-state index contributed by atoms with van der Waals surface area (Å²) in [6.07, 6.45) is 0.830. The van der Waals surface area contributed by atoms with E-state index in [-0.39, 0.29) is 6.61 Å². The van der Waals surface area contributed by atoms with Gasteiger partial charge in [-0.25, -0.2) is 0 Å². The number of rotatable bonds is 2. The molecule has 0 aromatic heterocycles. The molecule has 2 aliphatic rings. The van der Waals surface area contributed by atoms with Gasteiger partial charge in [0.25, 0.3) is 0 Å². The number of nitrogens with zero attached hydrogens (tertiary/aromatic N) is 1. The van der Waals surface area contributed by atoms with Gasteiger partial charge in [0.05, 0.1) is 24.9 Å². The summed E-state index contributed by atoms with van der Waals surface area (Å²) in [5, 5.41) is 9.43. The molecule has 0 aromatic carbocycles. The Labute approximate surface area is 118 Å². The maximum atomic E-state index is 12.0. The van der Waals surface area contributed by atoms with E-state index < -0.39 is 35.0 Å². The fourth-order valence-corrected chi connectivity index (χ4v) is 3.14. The minimum absolute atomic E-state index is 0.169. The Bertz CT molecular complexity index is 467. The fraction of sp³-hybridized carbons (Fsp3) is 0.786. The molecule has 110 valence electrons. The van der Waals surface area contributed by atoms with E-state index in [1.54, 1.807) is 6.92 Å². The van der Waals surface area contributed by atoms with Crippen LogP contribution in [0.2, 0.25) is 0 Å². The minimum Gasteiger partial charge on any atom is -0.465 e. The van der Waals surface area contributed by atoms with E-state index in [0.29, 0.717) is 19.4 Å². The van der Waals surface area contributed by atoms with E-state index in [1.165, 1.54) is 0 Å². The first-order chi connectivity index (χ1) is 9.35. The first-order valence-corrected chi connectivity index (χ1v) is 6.78. The molecule has 0 N–H and O–H groups in total. The SMILES string of the molecule is CCOC(=O)[C@@H]1C(=O)O[C@@]2(CCOC(C)(C)C2)[C@H]1C#N. The molecule has 0 aliphatic carbocycles. The third kappa shape index (κ3) is 2.38. The van der Waals surface area contributed by atoms with Crippen molar-refractivity contribution >= 4 is 11.9 Å². The highest BCUT2D eigenvalue weighted by molar-refractivity contribution is 5.97. The number of carbonyl (C=O) groups is 2. The van der Waals surface area contributed by atoms with Crippen LogP contribution >= 0.6 is 0 Å². The summed E-state index contributed by atoms with van der Waals surface area (Å²) in [5.74, 6) is -3.30. The molecule has 2 saturated heterocycles. The molecule has 0 saturated carbocycles. The molecule has 2 fully saturated rings. The van der Waals surface area contributed by atoms with Crippen LogP contribution in [0.15, 0.2) is 0 Å². The zero-order valence-corrected chi connectivity index (χ0v) is 12.0. The van der Waals surface area contributed by atoms with Gasteiger partial charge in [0.2, 0.25) is 0 Å². The standard InChI is InChI=1S/C14H19NO5/c1-4-18-11(16)10-9(7-15)14(20-12(10)17)5-6-19-13(2,3)8-14/h9-10H,4-6,8H2,1-3H3/t9-,10+,14+/m0/s1. The Morgan fingerprint density at radius 2 is 2.25 bits per heavy atom. The molecule has 2 heterocycles. The lowest BCUT2D eigenvalue weighted by Crippen LogP contribution is -2.50. The summed E-state index contributed by atoms with van der Waals surface area (Å²) in [6.45, 7) is 5.99. The molecule has 20 heavy (non-hydrogen) atoms. The van der Waals surface area contributed by atoms with E-state index in [0.717, 1.165) is 0 Å². The van der Waals surface area contributed by atoms with Gasteiger partial charge in [-0.15, -0.1) is 0 Å².